The van der Waals surface area contributed by atoms with E-state index < -0.39 is 5.76 Å². The molecule has 0 saturated carbocycles. The van der Waals surface area contributed by atoms with E-state index in [4.69, 9.17) is 17.3 Å². The largest absolute Gasteiger partial charge is 0.399 e. The number of anilines is 1. The predicted molar refractivity (Wildman–Crippen MR) is 47.7 cm³/mol. The maximum absolute atomic E-state index is 11.9. The van der Waals surface area contributed by atoms with Crippen molar-refractivity contribution in [1.29, 1.82) is 0 Å². The molecule has 0 fully saturated rings. The summed E-state index contributed by atoms with van der Waals surface area (Å²) in [6.07, 6.45) is 0. The van der Waals surface area contributed by atoms with Gasteiger partial charge in [-0.25, -0.2) is 0 Å². The molecule has 0 aliphatic rings. The summed E-state index contributed by atoms with van der Waals surface area (Å²) in [6, 6.07) is 4.50. The standard InChI is InChI=1S/C7H6ClF2NS/c8-5-2-1-4(11)3-6(5)12-7(9)10/h1-3,7H,11H2. The molecule has 66 valence electrons. The van der Waals surface area contributed by atoms with E-state index in [9.17, 15) is 8.78 Å². The van der Waals surface area contributed by atoms with E-state index in [0.717, 1.165) is 0 Å². The van der Waals surface area contributed by atoms with Crippen molar-refractivity contribution >= 4 is 29.1 Å². The average Bonchev–Trinajstić information content (AvgIpc) is 1.96. The zero-order valence-corrected chi connectivity index (χ0v) is 7.50. The topological polar surface area (TPSA) is 26.0 Å². The van der Waals surface area contributed by atoms with E-state index in [2.05, 4.69) is 0 Å². The van der Waals surface area contributed by atoms with Gasteiger partial charge in [0.1, 0.15) is 0 Å². The van der Waals surface area contributed by atoms with Gasteiger partial charge in [-0.05, 0) is 18.2 Å². The van der Waals surface area contributed by atoms with Crippen LogP contribution in [0, 0.1) is 0 Å². The molecule has 1 nitrogen and oxygen atoms in total. The average molecular weight is 210 g/mol. The summed E-state index contributed by atoms with van der Waals surface area (Å²) in [5.41, 5.74) is 5.82. The predicted octanol–water partition coefficient (Wildman–Crippen LogP) is 3.24. The second kappa shape index (κ2) is 3.96. The van der Waals surface area contributed by atoms with Gasteiger partial charge in [0.25, 0.3) is 5.76 Å². The van der Waals surface area contributed by atoms with Crippen molar-refractivity contribution in [2.24, 2.45) is 0 Å². The summed E-state index contributed by atoms with van der Waals surface area (Å²) in [6.45, 7) is 0. The number of nitrogens with two attached hydrogens (primary N) is 1. The first-order chi connectivity index (χ1) is 5.59. The molecule has 0 aromatic heterocycles. The van der Waals surface area contributed by atoms with E-state index in [1.807, 2.05) is 0 Å². The lowest BCUT2D eigenvalue weighted by Crippen LogP contribution is -1.87. The summed E-state index contributed by atoms with van der Waals surface area (Å²) in [7, 11) is 0. The van der Waals surface area contributed by atoms with Gasteiger partial charge in [0.05, 0.1) is 5.02 Å². The highest BCUT2D eigenvalue weighted by molar-refractivity contribution is 7.99. The van der Waals surface area contributed by atoms with Crippen molar-refractivity contribution in [2.45, 2.75) is 10.7 Å². The van der Waals surface area contributed by atoms with Crippen LogP contribution in [0.4, 0.5) is 14.5 Å². The first-order valence-electron chi connectivity index (χ1n) is 3.09. The van der Waals surface area contributed by atoms with Gasteiger partial charge in [0.15, 0.2) is 0 Å². The third kappa shape index (κ3) is 2.53. The van der Waals surface area contributed by atoms with Crippen LogP contribution in [-0.4, -0.2) is 5.76 Å². The molecule has 12 heavy (non-hydrogen) atoms. The van der Waals surface area contributed by atoms with Crippen LogP contribution in [0.1, 0.15) is 0 Å². The summed E-state index contributed by atoms with van der Waals surface area (Å²) >= 11 is 6.02. The Bertz CT molecular complexity index is 280. The number of benzene rings is 1. The molecular formula is C7H6ClF2NS. The number of nitrogen functional groups attached to an aromatic ring is 1. The smallest absolute Gasteiger partial charge is 0.288 e. The second-order valence-electron chi connectivity index (χ2n) is 2.07. The molecule has 0 saturated heterocycles. The molecule has 0 bridgehead atoms. The fourth-order valence-electron chi connectivity index (χ4n) is 0.706. The quantitative estimate of drug-likeness (QED) is 0.598. The third-order valence-electron chi connectivity index (χ3n) is 1.17. The Morgan fingerprint density at radius 1 is 1.42 bits per heavy atom. The zero-order valence-electron chi connectivity index (χ0n) is 5.93. The van der Waals surface area contributed by atoms with Gasteiger partial charge < -0.3 is 5.73 Å². The van der Waals surface area contributed by atoms with Gasteiger partial charge >= 0.3 is 0 Å². The lowest BCUT2D eigenvalue weighted by atomic mass is 10.3. The Kier molecular flexibility index (Phi) is 3.17. The highest BCUT2D eigenvalue weighted by atomic mass is 35.5. The summed E-state index contributed by atoms with van der Waals surface area (Å²) in [5, 5.41) is 0.300. The van der Waals surface area contributed by atoms with Gasteiger partial charge in [-0.1, -0.05) is 23.4 Å². The van der Waals surface area contributed by atoms with Crippen molar-refractivity contribution in [1.82, 2.24) is 0 Å². The molecule has 0 atom stereocenters. The van der Waals surface area contributed by atoms with Gasteiger partial charge in [0.2, 0.25) is 0 Å². The molecule has 0 aliphatic carbocycles. The monoisotopic (exact) mass is 209 g/mol. The zero-order chi connectivity index (χ0) is 9.14. The molecule has 0 radical (unpaired) electrons. The lowest BCUT2D eigenvalue weighted by molar-refractivity contribution is 0.252. The van der Waals surface area contributed by atoms with Crippen molar-refractivity contribution < 1.29 is 8.78 Å². The molecule has 2 N–H and O–H groups in total. The van der Waals surface area contributed by atoms with Crippen LogP contribution in [0.25, 0.3) is 0 Å². The minimum absolute atomic E-state index is 0.300. The Balaban J connectivity index is 2.90. The maximum Gasteiger partial charge on any atom is 0.288 e. The number of rotatable bonds is 2. The third-order valence-corrected chi connectivity index (χ3v) is 2.38. The van der Waals surface area contributed by atoms with Crippen LogP contribution in [0.15, 0.2) is 23.1 Å². The molecule has 0 amide bonds. The number of hydrogen-bond donors (Lipinski definition) is 1. The van der Waals surface area contributed by atoms with Crippen molar-refractivity contribution in [3.05, 3.63) is 23.2 Å². The Morgan fingerprint density at radius 2 is 2.08 bits per heavy atom. The minimum Gasteiger partial charge on any atom is -0.399 e. The van der Waals surface area contributed by atoms with Crippen LogP contribution in [-0.2, 0) is 0 Å². The number of thioether (sulfide) groups is 1. The van der Waals surface area contributed by atoms with Crippen LogP contribution >= 0.6 is 23.4 Å². The van der Waals surface area contributed by atoms with Gasteiger partial charge in [-0.3, -0.25) is 0 Å². The highest BCUT2D eigenvalue weighted by Crippen LogP contribution is 2.32. The number of halogens is 3. The molecule has 0 heterocycles. The van der Waals surface area contributed by atoms with E-state index in [0.29, 0.717) is 27.4 Å². The maximum atomic E-state index is 11.9. The number of hydrogen-bond acceptors (Lipinski definition) is 2. The Labute approximate surface area is 77.9 Å². The molecular weight excluding hydrogens is 204 g/mol. The van der Waals surface area contributed by atoms with Gasteiger partial charge in [-0.2, -0.15) is 8.78 Å². The molecule has 1 aromatic carbocycles. The normalized spacial score (nSPS) is 10.7. The van der Waals surface area contributed by atoms with Crippen LogP contribution in [0.2, 0.25) is 5.02 Å². The Hall–Kier alpha value is -0.480. The molecule has 0 spiro atoms. The SMILES string of the molecule is Nc1ccc(Cl)c(SC(F)F)c1. The van der Waals surface area contributed by atoms with Crippen molar-refractivity contribution in [3.63, 3.8) is 0 Å². The molecule has 0 aliphatic heterocycles. The summed E-state index contributed by atoms with van der Waals surface area (Å²) in [4.78, 5) is 0.312. The van der Waals surface area contributed by atoms with Crippen molar-refractivity contribution in [2.75, 3.05) is 5.73 Å². The Morgan fingerprint density at radius 3 is 2.67 bits per heavy atom. The van der Waals surface area contributed by atoms with Gasteiger partial charge in [0, 0.05) is 10.6 Å². The van der Waals surface area contributed by atoms with Crippen LogP contribution in [0.5, 0.6) is 0 Å². The molecule has 5 heteroatoms. The fraction of sp³-hybridized carbons (Fsp3) is 0.143. The highest BCUT2D eigenvalue weighted by Gasteiger charge is 2.08. The summed E-state index contributed by atoms with van der Waals surface area (Å²) < 4.78 is 23.8. The minimum atomic E-state index is -2.47. The summed E-state index contributed by atoms with van der Waals surface area (Å²) in [5.74, 6) is -2.47. The van der Waals surface area contributed by atoms with Crippen molar-refractivity contribution in [3.8, 4) is 0 Å². The first-order valence-corrected chi connectivity index (χ1v) is 4.35. The fourth-order valence-corrected chi connectivity index (χ4v) is 1.53. The van der Waals surface area contributed by atoms with Crippen LogP contribution in [0.3, 0.4) is 0 Å². The number of alkyl halides is 2. The van der Waals surface area contributed by atoms with E-state index in [1.165, 1.54) is 12.1 Å². The lowest BCUT2D eigenvalue weighted by Gasteiger charge is -2.03. The molecule has 1 rings (SSSR count). The first kappa shape index (κ1) is 9.61. The van der Waals surface area contributed by atoms with E-state index in [1.54, 1.807) is 6.07 Å². The molecule has 0 unspecified atom stereocenters. The second-order valence-corrected chi connectivity index (χ2v) is 3.51. The molecule has 1 aromatic rings. The van der Waals surface area contributed by atoms with E-state index >= 15 is 0 Å². The van der Waals surface area contributed by atoms with Gasteiger partial charge in [-0.15, -0.1) is 0 Å². The van der Waals surface area contributed by atoms with E-state index in [-0.39, 0.29) is 0 Å². The van der Waals surface area contributed by atoms with Crippen LogP contribution < -0.4 is 5.73 Å².